The topological polar surface area (TPSA) is 98.3 Å². The summed E-state index contributed by atoms with van der Waals surface area (Å²) in [6.45, 7) is 5.73. The highest BCUT2D eigenvalue weighted by Crippen LogP contribution is 2.26. The summed E-state index contributed by atoms with van der Waals surface area (Å²) in [6, 6.07) is 12.6. The first kappa shape index (κ1) is 27.8. The van der Waals surface area contributed by atoms with Crippen LogP contribution in [0.4, 0.5) is 20.7 Å². The molecule has 1 aromatic heterocycles. The van der Waals surface area contributed by atoms with E-state index in [1.165, 1.54) is 0 Å². The van der Waals surface area contributed by atoms with Crippen LogP contribution in [0.25, 0.3) is 0 Å². The van der Waals surface area contributed by atoms with Gasteiger partial charge in [0.2, 0.25) is 17.8 Å². The second kappa shape index (κ2) is 12.6. The SMILES string of the molecule is CN(c1ccc(N2CCN(CC3CCN(C(=O)OCc4ccccc4)CC3)CC2)c(F)n1)C1CCC(=O)NC1=O. The summed E-state index contributed by atoms with van der Waals surface area (Å²) in [5.41, 5.74) is 1.44. The average Bonchev–Trinajstić information content (AvgIpc) is 2.97. The van der Waals surface area contributed by atoms with E-state index >= 15 is 4.39 Å². The Labute approximate surface area is 234 Å². The molecular formula is C29H37FN6O4. The van der Waals surface area contributed by atoms with Crippen LogP contribution < -0.4 is 15.1 Å². The molecule has 3 aliphatic heterocycles. The van der Waals surface area contributed by atoms with E-state index in [9.17, 15) is 14.4 Å². The smallest absolute Gasteiger partial charge is 0.410 e. The van der Waals surface area contributed by atoms with Gasteiger partial charge < -0.3 is 19.4 Å². The van der Waals surface area contributed by atoms with Crippen molar-refractivity contribution in [2.75, 3.05) is 62.7 Å². The molecule has 1 unspecified atom stereocenters. The number of nitrogens with zero attached hydrogens (tertiary/aromatic N) is 5. The number of amides is 3. The fraction of sp³-hybridized carbons (Fsp3) is 0.517. The molecule has 11 heteroatoms. The van der Waals surface area contributed by atoms with Crippen molar-refractivity contribution in [3.63, 3.8) is 0 Å². The molecular weight excluding hydrogens is 515 g/mol. The van der Waals surface area contributed by atoms with Crippen molar-refractivity contribution in [1.82, 2.24) is 20.1 Å². The van der Waals surface area contributed by atoms with Crippen LogP contribution in [-0.4, -0.2) is 91.6 Å². The highest BCUT2D eigenvalue weighted by molar-refractivity contribution is 6.01. The van der Waals surface area contributed by atoms with Crippen molar-refractivity contribution in [2.24, 2.45) is 5.92 Å². The van der Waals surface area contributed by atoms with E-state index in [0.29, 0.717) is 56.6 Å². The van der Waals surface area contributed by atoms with Crippen molar-refractivity contribution in [2.45, 2.75) is 38.3 Å². The lowest BCUT2D eigenvalue weighted by Crippen LogP contribution is -2.51. The number of anilines is 2. The van der Waals surface area contributed by atoms with Crippen LogP contribution in [0.5, 0.6) is 0 Å². The third-order valence-electron chi connectivity index (χ3n) is 8.16. The maximum Gasteiger partial charge on any atom is 0.410 e. The zero-order valence-electron chi connectivity index (χ0n) is 22.9. The van der Waals surface area contributed by atoms with E-state index in [2.05, 4.69) is 15.2 Å². The van der Waals surface area contributed by atoms with Crippen LogP contribution in [0, 0.1) is 11.9 Å². The maximum atomic E-state index is 15.1. The molecule has 0 spiro atoms. The summed E-state index contributed by atoms with van der Waals surface area (Å²) in [7, 11) is 1.69. The Morgan fingerprint density at radius 1 is 1.02 bits per heavy atom. The quantitative estimate of drug-likeness (QED) is 0.414. The molecule has 3 aliphatic rings. The van der Waals surface area contributed by atoms with E-state index < -0.39 is 12.0 Å². The van der Waals surface area contributed by atoms with Gasteiger partial charge in [0, 0.05) is 59.3 Å². The number of pyridine rings is 1. The molecule has 4 heterocycles. The number of piperidine rings is 2. The highest BCUT2D eigenvalue weighted by atomic mass is 19.1. The number of benzene rings is 1. The van der Waals surface area contributed by atoms with Gasteiger partial charge in [-0.25, -0.2) is 9.78 Å². The Kier molecular flexibility index (Phi) is 8.78. The molecule has 2 aromatic rings. The molecule has 1 aromatic carbocycles. The standard InChI is InChI=1S/C29H37FN6O4/c1-33(24-8-10-26(37)32-28(24)38)25-9-7-23(27(30)31-25)35-17-15-34(16-18-35)19-21-11-13-36(14-12-21)29(39)40-20-22-5-3-2-4-6-22/h2-7,9,21,24H,8,10-20H2,1H3,(H,32,37,38). The normalized spacial score (nSPS) is 20.8. The fourth-order valence-corrected chi connectivity index (χ4v) is 5.71. The Morgan fingerprint density at radius 3 is 2.42 bits per heavy atom. The molecule has 0 bridgehead atoms. The number of ether oxygens (including phenoxy) is 1. The van der Waals surface area contributed by atoms with E-state index in [1.54, 1.807) is 29.0 Å². The minimum absolute atomic E-state index is 0.249. The van der Waals surface area contributed by atoms with Gasteiger partial charge in [-0.05, 0) is 42.9 Å². The molecule has 1 atom stereocenters. The predicted octanol–water partition coefficient (Wildman–Crippen LogP) is 2.63. The second-order valence-corrected chi connectivity index (χ2v) is 10.8. The zero-order valence-corrected chi connectivity index (χ0v) is 22.9. The number of likely N-dealkylation sites (tertiary alicyclic amines) is 1. The highest BCUT2D eigenvalue weighted by Gasteiger charge is 2.31. The number of carbonyl (C=O) groups excluding carboxylic acids is 3. The number of hydrogen-bond donors (Lipinski definition) is 1. The lowest BCUT2D eigenvalue weighted by atomic mass is 9.96. The van der Waals surface area contributed by atoms with Crippen LogP contribution in [0.15, 0.2) is 42.5 Å². The lowest BCUT2D eigenvalue weighted by molar-refractivity contribution is -0.134. The predicted molar refractivity (Wildman–Crippen MR) is 148 cm³/mol. The van der Waals surface area contributed by atoms with Crippen molar-refractivity contribution in [3.8, 4) is 0 Å². The third-order valence-corrected chi connectivity index (χ3v) is 8.16. The first-order valence-corrected chi connectivity index (χ1v) is 14.0. The maximum absolute atomic E-state index is 15.1. The number of aromatic nitrogens is 1. The van der Waals surface area contributed by atoms with Gasteiger partial charge in [0.15, 0.2) is 0 Å². The van der Waals surface area contributed by atoms with Gasteiger partial charge in [-0.2, -0.15) is 4.39 Å². The van der Waals surface area contributed by atoms with Gasteiger partial charge in [0.05, 0.1) is 5.69 Å². The summed E-state index contributed by atoms with van der Waals surface area (Å²) in [5.74, 6) is -0.339. The molecule has 3 saturated heterocycles. The van der Waals surface area contributed by atoms with Crippen LogP contribution in [-0.2, 0) is 20.9 Å². The van der Waals surface area contributed by atoms with Crippen LogP contribution >= 0.6 is 0 Å². The van der Waals surface area contributed by atoms with Crippen LogP contribution in [0.1, 0.15) is 31.2 Å². The molecule has 0 radical (unpaired) electrons. The molecule has 214 valence electrons. The van der Waals surface area contributed by atoms with E-state index in [1.807, 2.05) is 35.2 Å². The van der Waals surface area contributed by atoms with Crippen LogP contribution in [0.2, 0.25) is 0 Å². The molecule has 1 N–H and O–H groups in total. The molecule has 3 amide bonds. The van der Waals surface area contributed by atoms with Crippen molar-refractivity contribution < 1.29 is 23.5 Å². The monoisotopic (exact) mass is 552 g/mol. The van der Waals surface area contributed by atoms with Crippen LogP contribution in [0.3, 0.4) is 0 Å². The number of rotatable bonds is 7. The Bertz CT molecular complexity index is 1200. The number of hydrogen-bond acceptors (Lipinski definition) is 8. The molecule has 5 rings (SSSR count). The second-order valence-electron chi connectivity index (χ2n) is 10.8. The summed E-state index contributed by atoms with van der Waals surface area (Å²) in [4.78, 5) is 48.1. The van der Waals surface area contributed by atoms with Crippen molar-refractivity contribution in [3.05, 3.63) is 54.0 Å². The number of nitrogens with one attached hydrogen (secondary N) is 1. The number of imide groups is 1. The lowest BCUT2D eigenvalue weighted by Gasteiger charge is -2.39. The largest absolute Gasteiger partial charge is 0.445 e. The number of piperazine rings is 1. The summed E-state index contributed by atoms with van der Waals surface area (Å²) in [5, 5.41) is 2.33. The first-order valence-electron chi connectivity index (χ1n) is 14.0. The van der Waals surface area contributed by atoms with E-state index in [0.717, 1.165) is 38.0 Å². The zero-order chi connectivity index (χ0) is 28.1. The van der Waals surface area contributed by atoms with Crippen molar-refractivity contribution >= 4 is 29.4 Å². The number of likely N-dealkylation sites (N-methyl/N-ethyl adjacent to an activating group) is 1. The van der Waals surface area contributed by atoms with E-state index in [-0.39, 0.29) is 24.3 Å². The first-order chi connectivity index (χ1) is 19.4. The van der Waals surface area contributed by atoms with Gasteiger partial charge in [-0.1, -0.05) is 30.3 Å². The average molecular weight is 553 g/mol. The van der Waals surface area contributed by atoms with Gasteiger partial charge in [-0.3, -0.25) is 19.8 Å². The van der Waals surface area contributed by atoms with Crippen molar-refractivity contribution in [1.29, 1.82) is 0 Å². The Morgan fingerprint density at radius 2 is 1.75 bits per heavy atom. The minimum atomic E-state index is -0.559. The third kappa shape index (κ3) is 6.70. The summed E-state index contributed by atoms with van der Waals surface area (Å²) < 4.78 is 20.5. The molecule has 40 heavy (non-hydrogen) atoms. The van der Waals surface area contributed by atoms with E-state index in [4.69, 9.17) is 4.74 Å². The fourth-order valence-electron chi connectivity index (χ4n) is 5.71. The Balaban J connectivity index is 1.05. The number of halogens is 1. The van der Waals surface area contributed by atoms with Gasteiger partial charge >= 0.3 is 6.09 Å². The number of carbonyl (C=O) groups is 3. The van der Waals surface area contributed by atoms with Gasteiger partial charge in [0.1, 0.15) is 18.5 Å². The molecule has 10 nitrogen and oxygen atoms in total. The minimum Gasteiger partial charge on any atom is -0.445 e. The summed E-state index contributed by atoms with van der Waals surface area (Å²) >= 11 is 0. The Hall–Kier alpha value is -3.73. The molecule has 0 aliphatic carbocycles. The molecule has 0 saturated carbocycles. The summed E-state index contributed by atoms with van der Waals surface area (Å²) in [6.07, 6.45) is 2.28. The van der Waals surface area contributed by atoms with Gasteiger partial charge in [0.25, 0.3) is 0 Å². The van der Waals surface area contributed by atoms with Gasteiger partial charge in [-0.15, -0.1) is 0 Å². The molecule has 3 fully saturated rings.